The molecule has 0 amide bonds. The number of carbonyl (C=O) groups excluding carboxylic acids is 1. The van der Waals surface area contributed by atoms with E-state index in [1.54, 1.807) is 19.2 Å². The maximum atomic E-state index is 14.5. The van der Waals surface area contributed by atoms with E-state index in [1.165, 1.54) is 18.9 Å². The number of benzene rings is 4. The lowest BCUT2D eigenvalue weighted by atomic mass is 10.1. The summed E-state index contributed by atoms with van der Waals surface area (Å²) in [5, 5.41) is 1.64. The molecule has 0 aliphatic heterocycles. The summed E-state index contributed by atoms with van der Waals surface area (Å²) < 4.78 is 33.7. The maximum Gasteiger partial charge on any atom is 0.315 e. The summed E-state index contributed by atoms with van der Waals surface area (Å²) in [7, 11) is -0.199. The first-order chi connectivity index (χ1) is 16.9. The summed E-state index contributed by atoms with van der Waals surface area (Å²) in [6.45, 7) is 0. The highest BCUT2D eigenvalue weighted by atomic mass is 79.9. The molecule has 1 unspecified atom stereocenters. The molecule has 0 saturated heterocycles. The monoisotopic (exact) mass is 570 g/mol. The average molecular weight is 572 g/mol. The number of hydrogen-bond acceptors (Lipinski definition) is 6. The van der Waals surface area contributed by atoms with Crippen LogP contribution in [0.25, 0.3) is 10.8 Å². The van der Waals surface area contributed by atoms with Crippen molar-refractivity contribution in [3.8, 4) is 5.75 Å². The molecule has 0 aliphatic rings. The largest absolute Gasteiger partial charge is 0.495 e. The first-order valence-electron chi connectivity index (χ1n) is 10.6. The van der Waals surface area contributed by atoms with E-state index in [0.29, 0.717) is 22.0 Å². The van der Waals surface area contributed by atoms with Crippen LogP contribution in [-0.4, -0.2) is 30.2 Å². The molecule has 180 valence electrons. The van der Waals surface area contributed by atoms with Gasteiger partial charge >= 0.3 is 5.97 Å². The number of carbonyl (C=O) groups is 1. The highest BCUT2D eigenvalue weighted by Gasteiger charge is 2.19. The van der Waals surface area contributed by atoms with Gasteiger partial charge in [-0.3, -0.25) is 9.52 Å². The van der Waals surface area contributed by atoms with E-state index >= 15 is 0 Å². The molecule has 6 nitrogen and oxygen atoms in total. The van der Waals surface area contributed by atoms with Gasteiger partial charge in [-0.15, -0.1) is 11.8 Å². The van der Waals surface area contributed by atoms with Gasteiger partial charge in [0.25, 0.3) is 0 Å². The Balaban J connectivity index is 1.90. The van der Waals surface area contributed by atoms with Crippen molar-refractivity contribution in [3.05, 3.63) is 89.4 Å². The predicted octanol–water partition coefficient (Wildman–Crippen LogP) is 7.06. The lowest BCUT2D eigenvalue weighted by Crippen LogP contribution is -2.13. The summed E-state index contributed by atoms with van der Waals surface area (Å²) in [5.74, 6) is 0.397. The van der Waals surface area contributed by atoms with E-state index in [2.05, 4.69) is 25.0 Å². The van der Waals surface area contributed by atoms with Crippen LogP contribution in [-0.2, 0) is 19.4 Å². The zero-order chi connectivity index (χ0) is 24.8. The quantitative estimate of drug-likeness (QED) is 0.181. The minimum atomic E-state index is -3.14. The molecule has 0 fully saturated rings. The summed E-state index contributed by atoms with van der Waals surface area (Å²) in [6, 6.07) is 26.0. The molecule has 1 atom stereocenters. The van der Waals surface area contributed by atoms with Crippen molar-refractivity contribution in [1.82, 2.24) is 0 Å². The van der Waals surface area contributed by atoms with Gasteiger partial charge in [0, 0.05) is 15.2 Å². The van der Waals surface area contributed by atoms with Gasteiger partial charge in [-0.05, 0) is 42.5 Å². The van der Waals surface area contributed by atoms with Crippen molar-refractivity contribution in [2.75, 3.05) is 24.7 Å². The first kappa shape index (κ1) is 25.1. The number of esters is 1. The molecular formula is C26H23BrN2O4S2. The van der Waals surface area contributed by atoms with Gasteiger partial charge in [-0.25, -0.2) is 4.21 Å². The standard InChI is InChI=1S/C26H23BrN2O4S2/c1-32-25(30)17-34-24-16-23(21-10-6-7-11-22(21)26(24)33-2)29-35(31,20-14-12-18(27)13-15-20)28-19-8-4-3-5-9-19/h3-16H,17H2,1-2H3,(H,28,29,31). The zero-order valence-electron chi connectivity index (χ0n) is 19.1. The number of rotatable bonds is 8. The molecule has 0 aromatic heterocycles. The van der Waals surface area contributed by atoms with Gasteiger partial charge in [-0.1, -0.05) is 58.4 Å². The second kappa shape index (κ2) is 11.2. The third-order valence-electron chi connectivity index (χ3n) is 5.11. The molecule has 0 saturated carbocycles. The van der Waals surface area contributed by atoms with Gasteiger partial charge in [0.05, 0.1) is 41.1 Å². The Morgan fingerprint density at radius 1 is 0.971 bits per heavy atom. The van der Waals surface area contributed by atoms with E-state index in [1.807, 2.05) is 72.8 Å². The average Bonchev–Trinajstić information content (AvgIpc) is 2.88. The van der Waals surface area contributed by atoms with Crippen LogP contribution in [0.1, 0.15) is 0 Å². The Bertz CT molecular complexity index is 1470. The Morgan fingerprint density at radius 2 is 1.63 bits per heavy atom. The number of nitrogens with zero attached hydrogens (tertiary/aromatic N) is 1. The van der Waals surface area contributed by atoms with Crippen molar-refractivity contribution < 1.29 is 18.5 Å². The number of methoxy groups -OCH3 is 2. The molecule has 4 rings (SSSR count). The zero-order valence-corrected chi connectivity index (χ0v) is 22.3. The molecule has 0 radical (unpaired) electrons. The van der Waals surface area contributed by atoms with Crippen molar-refractivity contribution in [2.45, 2.75) is 9.79 Å². The molecule has 35 heavy (non-hydrogen) atoms. The minimum Gasteiger partial charge on any atom is -0.495 e. The number of hydrogen-bond donors (Lipinski definition) is 1. The fourth-order valence-electron chi connectivity index (χ4n) is 3.46. The van der Waals surface area contributed by atoms with Crippen LogP contribution in [0.4, 0.5) is 11.4 Å². The van der Waals surface area contributed by atoms with Crippen LogP contribution in [0.3, 0.4) is 0 Å². The Morgan fingerprint density at radius 3 is 2.29 bits per heavy atom. The minimum absolute atomic E-state index is 0.112. The number of anilines is 1. The van der Waals surface area contributed by atoms with E-state index in [-0.39, 0.29) is 11.7 Å². The lowest BCUT2D eigenvalue weighted by molar-refractivity contribution is -0.137. The second-order valence-electron chi connectivity index (χ2n) is 7.37. The van der Waals surface area contributed by atoms with Gasteiger partial charge in [0.15, 0.2) is 9.92 Å². The number of fused-ring (bicyclic) bond motifs is 1. The van der Waals surface area contributed by atoms with Crippen LogP contribution < -0.4 is 9.46 Å². The third-order valence-corrected chi connectivity index (χ3v) is 8.51. The smallest absolute Gasteiger partial charge is 0.315 e. The van der Waals surface area contributed by atoms with Gasteiger partial charge < -0.3 is 9.47 Å². The summed E-state index contributed by atoms with van der Waals surface area (Å²) >= 11 is 4.73. The van der Waals surface area contributed by atoms with E-state index in [0.717, 1.165) is 20.1 Å². The number of ether oxygens (including phenoxy) is 2. The third kappa shape index (κ3) is 5.80. The van der Waals surface area contributed by atoms with Crippen LogP contribution in [0.5, 0.6) is 5.75 Å². The fourth-order valence-corrected chi connectivity index (χ4v) is 6.30. The van der Waals surface area contributed by atoms with Crippen LogP contribution in [0.15, 0.2) is 104 Å². The molecule has 4 aromatic carbocycles. The second-order valence-corrected chi connectivity index (χ2v) is 11.2. The van der Waals surface area contributed by atoms with E-state index < -0.39 is 9.92 Å². The fraction of sp³-hybridized carbons (Fsp3) is 0.115. The van der Waals surface area contributed by atoms with Gasteiger partial charge in [-0.2, -0.15) is 4.36 Å². The maximum absolute atomic E-state index is 14.5. The number of nitrogens with one attached hydrogen (secondary N) is 1. The normalized spacial score (nSPS) is 12.5. The number of thioether (sulfide) groups is 1. The molecule has 4 aromatic rings. The van der Waals surface area contributed by atoms with E-state index in [9.17, 15) is 9.00 Å². The molecular weight excluding hydrogens is 548 g/mol. The molecule has 0 heterocycles. The molecule has 0 spiro atoms. The van der Waals surface area contributed by atoms with Crippen LogP contribution >= 0.6 is 27.7 Å². The highest BCUT2D eigenvalue weighted by Crippen LogP contribution is 2.41. The Kier molecular flexibility index (Phi) is 8.00. The van der Waals surface area contributed by atoms with Crippen molar-refractivity contribution in [2.24, 2.45) is 4.36 Å². The molecule has 9 heteroatoms. The molecule has 1 N–H and O–H groups in total. The van der Waals surface area contributed by atoms with Crippen LogP contribution in [0, 0.1) is 0 Å². The Labute approximate surface area is 217 Å². The predicted molar refractivity (Wildman–Crippen MR) is 146 cm³/mol. The van der Waals surface area contributed by atoms with Gasteiger partial charge in [0.2, 0.25) is 0 Å². The highest BCUT2D eigenvalue weighted by molar-refractivity contribution is 9.10. The summed E-state index contributed by atoms with van der Waals surface area (Å²) in [4.78, 5) is 13.1. The summed E-state index contributed by atoms with van der Waals surface area (Å²) in [5.41, 5.74) is 1.20. The lowest BCUT2D eigenvalue weighted by Gasteiger charge is -2.19. The number of halogens is 1. The first-order valence-corrected chi connectivity index (χ1v) is 13.9. The molecule has 0 aliphatic carbocycles. The molecule has 0 bridgehead atoms. The Hall–Kier alpha value is -3.01. The van der Waals surface area contributed by atoms with Gasteiger partial charge in [0.1, 0.15) is 5.75 Å². The van der Waals surface area contributed by atoms with Crippen molar-refractivity contribution in [3.63, 3.8) is 0 Å². The van der Waals surface area contributed by atoms with Crippen molar-refractivity contribution in [1.29, 1.82) is 0 Å². The van der Waals surface area contributed by atoms with E-state index in [4.69, 9.17) is 9.47 Å². The SMILES string of the molecule is COC(=O)CSc1cc(NS(=O)(=Nc2ccccc2)c2ccc(Br)cc2)c2ccccc2c1OC. The van der Waals surface area contributed by atoms with Crippen molar-refractivity contribution >= 4 is 65.7 Å². The summed E-state index contributed by atoms with van der Waals surface area (Å²) in [6.07, 6.45) is 0. The van der Waals surface area contributed by atoms with Crippen LogP contribution in [0.2, 0.25) is 0 Å². The topological polar surface area (TPSA) is 77.0 Å².